The Hall–Kier alpha value is -2.17. The van der Waals surface area contributed by atoms with Gasteiger partial charge in [0.05, 0.1) is 0 Å². The fourth-order valence-corrected chi connectivity index (χ4v) is 3.21. The highest BCUT2D eigenvalue weighted by Crippen LogP contribution is 2.38. The van der Waals surface area contributed by atoms with Gasteiger partial charge in [-0.1, -0.05) is 18.9 Å². The summed E-state index contributed by atoms with van der Waals surface area (Å²) in [4.78, 5) is 16.0. The Morgan fingerprint density at radius 2 is 1.83 bits per heavy atom. The van der Waals surface area contributed by atoms with Gasteiger partial charge in [-0.3, -0.25) is 0 Å². The number of aromatic nitrogens is 3. The van der Waals surface area contributed by atoms with Crippen LogP contribution in [0.3, 0.4) is 0 Å². The molecule has 5 heteroatoms. The summed E-state index contributed by atoms with van der Waals surface area (Å²) in [5, 5.41) is 3.39. The van der Waals surface area contributed by atoms with Crippen LogP contribution in [0.15, 0.2) is 30.6 Å². The van der Waals surface area contributed by atoms with Crippen molar-refractivity contribution in [3.05, 3.63) is 42.0 Å². The van der Waals surface area contributed by atoms with E-state index in [9.17, 15) is 0 Å². The van der Waals surface area contributed by atoms with Crippen molar-refractivity contribution in [3.63, 3.8) is 0 Å². The summed E-state index contributed by atoms with van der Waals surface area (Å²) in [6, 6.07) is 6.26. The van der Waals surface area contributed by atoms with E-state index in [1.807, 2.05) is 18.5 Å². The van der Waals surface area contributed by atoms with Crippen LogP contribution in [0.2, 0.25) is 0 Å². The number of hydrogen-bond acceptors (Lipinski definition) is 5. The molecule has 0 bridgehead atoms. The molecular weight excluding hydrogens is 298 g/mol. The molecule has 2 aliphatic rings. The molecule has 2 aromatic rings. The van der Waals surface area contributed by atoms with Crippen molar-refractivity contribution in [1.82, 2.24) is 15.0 Å². The Labute approximate surface area is 143 Å². The first-order valence-corrected chi connectivity index (χ1v) is 9.15. The van der Waals surface area contributed by atoms with Crippen LogP contribution >= 0.6 is 0 Å². The minimum absolute atomic E-state index is 0.585. The predicted molar refractivity (Wildman–Crippen MR) is 96.3 cm³/mol. The zero-order chi connectivity index (χ0) is 16.2. The van der Waals surface area contributed by atoms with E-state index >= 15 is 0 Å². The molecule has 1 aliphatic heterocycles. The second kappa shape index (κ2) is 7.16. The van der Waals surface area contributed by atoms with Gasteiger partial charge in [-0.05, 0) is 43.4 Å². The van der Waals surface area contributed by atoms with Gasteiger partial charge in [0.25, 0.3) is 0 Å². The molecule has 1 aliphatic carbocycles. The van der Waals surface area contributed by atoms with Crippen molar-refractivity contribution < 1.29 is 0 Å². The quantitative estimate of drug-likeness (QED) is 0.908. The van der Waals surface area contributed by atoms with Gasteiger partial charge >= 0.3 is 0 Å². The number of hydrogen-bond donors (Lipinski definition) is 1. The van der Waals surface area contributed by atoms with E-state index < -0.39 is 0 Å². The molecule has 1 saturated carbocycles. The first-order chi connectivity index (χ1) is 11.9. The van der Waals surface area contributed by atoms with Crippen LogP contribution in [0.5, 0.6) is 0 Å². The lowest BCUT2D eigenvalue weighted by Crippen LogP contribution is -2.24. The molecule has 1 saturated heterocycles. The summed E-state index contributed by atoms with van der Waals surface area (Å²) in [6.07, 6.45) is 11.5. The third kappa shape index (κ3) is 3.83. The average Bonchev–Trinajstić information content (AvgIpc) is 3.47. The largest absolute Gasteiger partial charge is 0.366 e. The monoisotopic (exact) mass is 323 g/mol. The normalized spacial score (nSPS) is 18.2. The molecule has 0 atom stereocenters. The van der Waals surface area contributed by atoms with Gasteiger partial charge in [0.1, 0.15) is 17.5 Å². The van der Waals surface area contributed by atoms with Crippen LogP contribution in [0.1, 0.15) is 55.8 Å². The molecule has 1 N–H and O–H groups in total. The zero-order valence-corrected chi connectivity index (χ0v) is 14.1. The molecule has 2 aromatic heterocycles. The van der Waals surface area contributed by atoms with Crippen LogP contribution in [0, 0.1) is 0 Å². The SMILES string of the molecule is c1cc(NCc2ccc(N3CCCCCC3)nc2)nc(C2CC2)n1. The van der Waals surface area contributed by atoms with Crippen molar-refractivity contribution in [2.45, 2.75) is 51.0 Å². The number of nitrogens with one attached hydrogen (secondary N) is 1. The Morgan fingerprint density at radius 3 is 2.54 bits per heavy atom. The number of pyridine rings is 1. The van der Waals surface area contributed by atoms with Crippen molar-refractivity contribution in [2.24, 2.45) is 0 Å². The molecule has 3 heterocycles. The van der Waals surface area contributed by atoms with E-state index in [4.69, 9.17) is 0 Å². The van der Waals surface area contributed by atoms with Crippen LogP contribution in [-0.2, 0) is 6.54 Å². The maximum atomic E-state index is 4.67. The summed E-state index contributed by atoms with van der Waals surface area (Å²) < 4.78 is 0. The third-order valence-electron chi connectivity index (χ3n) is 4.83. The zero-order valence-electron chi connectivity index (χ0n) is 14.1. The van der Waals surface area contributed by atoms with E-state index in [0.717, 1.165) is 37.1 Å². The molecule has 126 valence electrons. The van der Waals surface area contributed by atoms with Crippen LogP contribution in [0.4, 0.5) is 11.6 Å². The average molecular weight is 323 g/mol. The molecule has 2 fully saturated rings. The number of anilines is 2. The van der Waals surface area contributed by atoms with Gasteiger partial charge in [0.2, 0.25) is 0 Å². The molecule has 0 unspecified atom stereocenters. The fourth-order valence-electron chi connectivity index (χ4n) is 3.21. The summed E-state index contributed by atoms with van der Waals surface area (Å²) >= 11 is 0. The lowest BCUT2D eigenvalue weighted by Gasteiger charge is -2.21. The van der Waals surface area contributed by atoms with E-state index in [-0.39, 0.29) is 0 Å². The fraction of sp³-hybridized carbons (Fsp3) is 0.526. The molecular formula is C19H25N5. The second-order valence-electron chi connectivity index (χ2n) is 6.85. The smallest absolute Gasteiger partial charge is 0.133 e. The Balaban J connectivity index is 1.35. The molecule has 24 heavy (non-hydrogen) atoms. The van der Waals surface area contributed by atoms with Gasteiger partial charge in [-0.15, -0.1) is 0 Å². The van der Waals surface area contributed by atoms with Crippen molar-refractivity contribution >= 4 is 11.6 Å². The van der Waals surface area contributed by atoms with E-state index in [2.05, 4.69) is 37.3 Å². The topological polar surface area (TPSA) is 53.9 Å². The summed E-state index contributed by atoms with van der Waals surface area (Å²) in [6.45, 7) is 3.01. The number of rotatable bonds is 5. The third-order valence-corrected chi connectivity index (χ3v) is 4.83. The second-order valence-corrected chi connectivity index (χ2v) is 6.85. The van der Waals surface area contributed by atoms with E-state index in [0.29, 0.717) is 5.92 Å². The summed E-state index contributed by atoms with van der Waals surface area (Å²) in [5.41, 5.74) is 1.18. The maximum absolute atomic E-state index is 4.67. The highest BCUT2D eigenvalue weighted by atomic mass is 15.2. The minimum atomic E-state index is 0.585. The van der Waals surface area contributed by atoms with Gasteiger partial charge in [-0.2, -0.15) is 0 Å². The van der Waals surface area contributed by atoms with Crippen LogP contribution in [0.25, 0.3) is 0 Å². The van der Waals surface area contributed by atoms with Gasteiger partial charge in [0.15, 0.2) is 0 Å². The highest BCUT2D eigenvalue weighted by molar-refractivity contribution is 5.41. The Bertz CT molecular complexity index is 658. The van der Waals surface area contributed by atoms with Crippen molar-refractivity contribution in [2.75, 3.05) is 23.3 Å². The Kier molecular flexibility index (Phi) is 4.58. The summed E-state index contributed by atoms with van der Waals surface area (Å²) in [5.74, 6) is 3.58. The lowest BCUT2D eigenvalue weighted by molar-refractivity contribution is 0.726. The van der Waals surface area contributed by atoms with Crippen LogP contribution < -0.4 is 10.2 Å². The minimum Gasteiger partial charge on any atom is -0.366 e. The molecule has 0 amide bonds. The van der Waals surface area contributed by atoms with Gasteiger partial charge in [0, 0.05) is 37.9 Å². The number of nitrogens with zero attached hydrogens (tertiary/aromatic N) is 4. The first kappa shape index (κ1) is 15.4. The Morgan fingerprint density at radius 1 is 1.00 bits per heavy atom. The van der Waals surface area contributed by atoms with Crippen LogP contribution in [-0.4, -0.2) is 28.0 Å². The van der Waals surface area contributed by atoms with Gasteiger partial charge in [-0.25, -0.2) is 15.0 Å². The lowest BCUT2D eigenvalue weighted by atomic mass is 10.2. The van der Waals surface area contributed by atoms with Gasteiger partial charge < -0.3 is 10.2 Å². The summed E-state index contributed by atoms with van der Waals surface area (Å²) in [7, 11) is 0. The molecule has 4 rings (SSSR count). The maximum Gasteiger partial charge on any atom is 0.133 e. The molecule has 0 aromatic carbocycles. The molecule has 0 radical (unpaired) electrons. The highest BCUT2D eigenvalue weighted by Gasteiger charge is 2.26. The van der Waals surface area contributed by atoms with E-state index in [1.165, 1.54) is 44.1 Å². The molecule has 5 nitrogen and oxygen atoms in total. The van der Waals surface area contributed by atoms with Crippen molar-refractivity contribution in [1.29, 1.82) is 0 Å². The first-order valence-electron chi connectivity index (χ1n) is 9.15. The molecule has 0 spiro atoms. The van der Waals surface area contributed by atoms with E-state index in [1.54, 1.807) is 0 Å². The van der Waals surface area contributed by atoms with Crippen molar-refractivity contribution in [3.8, 4) is 0 Å². The predicted octanol–water partition coefficient (Wildman–Crippen LogP) is 3.74. The standard InChI is InChI=1S/C19H25N5/c1-2-4-12-24(11-3-1)18-8-5-15(14-22-18)13-21-17-9-10-20-19(23-17)16-6-7-16/h5,8-10,14,16H,1-4,6-7,11-13H2,(H,20,21,23).